The molecule has 8 nitrogen and oxygen atoms in total. The zero-order chi connectivity index (χ0) is 28.1. The molecule has 5 aromatic rings. The molecule has 0 spiro atoms. The lowest BCUT2D eigenvalue weighted by Crippen LogP contribution is -2.22. The van der Waals surface area contributed by atoms with Gasteiger partial charge in [-0.15, -0.1) is 0 Å². The molecule has 0 aliphatic heterocycles. The van der Waals surface area contributed by atoms with E-state index < -0.39 is 4.92 Å². The van der Waals surface area contributed by atoms with Gasteiger partial charge in [0.15, 0.2) is 0 Å². The van der Waals surface area contributed by atoms with Crippen LogP contribution in [0.15, 0.2) is 103 Å². The maximum atomic E-state index is 12.7. The molecule has 8 heteroatoms. The number of rotatable bonds is 9. The Morgan fingerprint density at radius 3 is 2.33 bits per heavy atom. The number of ether oxygens (including phenoxy) is 1. The van der Waals surface area contributed by atoms with Crippen LogP contribution < -0.4 is 5.32 Å². The van der Waals surface area contributed by atoms with Crippen molar-refractivity contribution in [3.8, 4) is 11.1 Å². The van der Waals surface area contributed by atoms with Crippen molar-refractivity contribution in [2.24, 2.45) is 0 Å². The van der Waals surface area contributed by atoms with Crippen molar-refractivity contribution in [1.82, 2.24) is 9.88 Å². The Balaban J connectivity index is 1.24. The van der Waals surface area contributed by atoms with Gasteiger partial charge in [-0.05, 0) is 65.6 Å². The van der Waals surface area contributed by atoms with Gasteiger partial charge < -0.3 is 14.6 Å². The van der Waals surface area contributed by atoms with E-state index >= 15 is 0 Å². The number of carbonyl (C=O) groups excluding carboxylic acids is 2. The molecule has 0 saturated carbocycles. The Bertz CT molecular complexity index is 1690. The Kier molecular flexibility index (Phi) is 7.68. The number of nitrogens with zero attached hydrogens (tertiary/aromatic N) is 2. The number of aromatic nitrogens is 1. The van der Waals surface area contributed by atoms with Crippen LogP contribution in [0.4, 0.5) is 5.69 Å². The number of carbonyl (C=O) groups is 2. The van der Waals surface area contributed by atoms with Crippen LogP contribution >= 0.6 is 0 Å². The monoisotopic (exact) mass is 533 g/mol. The van der Waals surface area contributed by atoms with Crippen molar-refractivity contribution < 1.29 is 19.2 Å². The molecule has 0 unspecified atom stereocenters. The molecule has 0 aliphatic rings. The normalized spacial score (nSPS) is 10.8. The quantitative estimate of drug-likeness (QED) is 0.135. The van der Waals surface area contributed by atoms with Crippen LogP contribution in [0.2, 0.25) is 0 Å². The van der Waals surface area contributed by atoms with Gasteiger partial charge in [-0.1, -0.05) is 48.5 Å². The Morgan fingerprint density at radius 2 is 1.60 bits per heavy atom. The van der Waals surface area contributed by atoms with E-state index in [0.29, 0.717) is 24.3 Å². The number of non-ortho nitro benzene ring substituents is 1. The molecule has 200 valence electrons. The number of esters is 1. The third-order valence-electron chi connectivity index (χ3n) is 6.65. The predicted octanol–water partition coefficient (Wildman–Crippen LogP) is 6.37. The standard InChI is InChI=1S/C32H27N3O5/c1-2-40-32(37)28-5-3-4-25(18-28)24-10-6-23(7-11-24)21-34-17-16-26-19-27(12-15-30(26)34)31(36)33-20-22-8-13-29(14-9-22)35(38)39/h3-19H,2,20-21H2,1H3,(H,33,36). The van der Waals surface area contributed by atoms with Crippen molar-refractivity contribution in [3.63, 3.8) is 0 Å². The van der Waals surface area contributed by atoms with E-state index in [0.717, 1.165) is 33.2 Å². The highest BCUT2D eigenvalue weighted by molar-refractivity contribution is 5.98. The molecule has 1 aromatic heterocycles. The topological polar surface area (TPSA) is 103 Å². The first kappa shape index (κ1) is 26.4. The van der Waals surface area contributed by atoms with Crippen molar-refractivity contribution >= 4 is 28.5 Å². The number of nitro benzene ring substituents is 1. The Hall–Kier alpha value is -5.24. The molecule has 1 amide bonds. The predicted molar refractivity (Wildman–Crippen MR) is 153 cm³/mol. The summed E-state index contributed by atoms with van der Waals surface area (Å²) in [5, 5.41) is 14.6. The SMILES string of the molecule is CCOC(=O)c1cccc(-c2ccc(Cn3ccc4cc(C(=O)NCc5ccc([N+](=O)[O-])cc5)ccc43)cc2)c1. The van der Waals surface area contributed by atoms with Gasteiger partial charge in [-0.3, -0.25) is 14.9 Å². The molecular weight excluding hydrogens is 506 g/mol. The lowest BCUT2D eigenvalue weighted by Gasteiger charge is -2.09. The van der Waals surface area contributed by atoms with Crippen LogP contribution in [0.3, 0.4) is 0 Å². The average molecular weight is 534 g/mol. The van der Waals surface area contributed by atoms with Crippen LogP contribution in [-0.2, 0) is 17.8 Å². The van der Waals surface area contributed by atoms with E-state index in [1.165, 1.54) is 12.1 Å². The Morgan fingerprint density at radius 1 is 0.850 bits per heavy atom. The van der Waals surface area contributed by atoms with Crippen molar-refractivity contribution in [3.05, 3.63) is 136 Å². The third-order valence-corrected chi connectivity index (χ3v) is 6.65. The number of hydrogen-bond acceptors (Lipinski definition) is 5. The zero-order valence-electron chi connectivity index (χ0n) is 21.9. The molecular formula is C32H27N3O5. The lowest BCUT2D eigenvalue weighted by atomic mass is 10.0. The average Bonchev–Trinajstić information content (AvgIpc) is 3.38. The highest BCUT2D eigenvalue weighted by atomic mass is 16.6. The Labute approximate surface area is 231 Å². The molecule has 5 rings (SSSR count). The van der Waals surface area contributed by atoms with E-state index in [1.807, 2.05) is 54.7 Å². The maximum absolute atomic E-state index is 12.7. The third kappa shape index (κ3) is 5.91. The first-order chi connectivity index (χ1) is 19.4. The molecule has 0 atom stereocenters. The minimum atomic E-state index is -0.451. The van der Waals surface area contributed by atoms with Crippen LogP contribution in [0, 0.1) is 10.1 Å². The van der Waals surface area contributed by atoms with Gasteiger partial charge in [0.05, 0.1) is 17.1 Å². The minimum Gasteiger partial charge on any atom is -0.462 e. The minimum absolute atomic E-state index is 0.0156. The van der Waals surface area contributed by atoms with Gasteiger partial charge in [0, 0.05) is 47.9 Å². The summed E-state index contributed by atoms with van der Waals surface area (Å²) in [5.41, 5.74) is 5.96. The molecule has 0 saturated heterocycles. The summed E-state index contributed by atoms with van der Waals surface area (Å²) < 4.78 is 7.24. The molecule has 0 radical (unpaired) electrons. The zero-order valence-corrected chi connectivity index (χ0v) is 21.9. The van der Waals surface area contributed by atoms with Gasteiger partial charge in [0.2, 0.25) is 0 Å². The van der Waals surface area contributed by atoms with Crippen molar-refractivity contribution in [1.29, 1.82) is 0 Å². The van der Waals surface area contributed by atoms with Crippen molar-refractivity contribution in [2.45, 2.75) is 20.0 Å². The van der Waals surface area contributed by atoms with Gasteiger partial charge in [0.25, 0.3) is 11.6 Å². The molecule has 1 heterocycles. The lowest BCUT2D eigenvalue weighted by molar-refractivity contribution is -0.384. The second-order valence-electron chi connectivity index (χ2n) is 9.32. The summed E-state index contributed by atoms with van der Waals surface area (Å²) >= 11 is 0. The van der Waals surface area contributed by atoms with E-state index in [4.69, 9.17) is 4.74 Å². The molecule has 0 fully saturated rings. The van der Waals surface area contributed by atoms with Crippen LogP contribution in [0.5, 0.6) is 0 Å². The summed E-state index contributed by atoms with van der Waals surface area (Å²) in [6, 6.07) is 29.3. The van der Waals surface area contributed by atoms with Gasteiger partial charge >= 0.3 is 5.97 Å². The van der Waals surface area contributed by atoms with Gasteiger partial charge in [-0.25, -0.2) is 4.79 Å². The number of benzene rings is 4. The number of nitrogens with one attached hydrogen (secondary N) is 1. The molecule has 4 aromatic carbocycles. The molecule has 0 bridgehead atoms. The fraction of sp³-hybridized carbons (Fsp3) is 0.125. The van der Waals surface area contributed by atoms with Crippen LogP contribution in [0.25, 0.3) is 22.0 Å². The highest BCUT2D eigenvalue weighted by Crippen LogP contribution is 2.24. The first-order valence-electron chi connectivity index (χ1n) is 12.9. The first-order valence-corrected chi connectivity index (χ1v) is 12.9. The number of nitro groups is 1. The summed E-state index contributed by atoms with van der Waals surface area (Å²) in [5.74, 6) is -0.541. The second-order valence-corrected chi connectivity index (χ2v) is 9.32. The molecule has 40 heavy (non-hydrogen) atoms. The summed E-state index contributed by atoms with van der Waals surface area (Å²) in [6.45, 7) is 3.07. The highest BCUT2D eigenvalue weighted by Gasteiger charge is 2.11. The van der Waals surface area contributed by atoms with Crippen LogP contribution in [0.1, 0.15) is 38.8 Å². The summed E-state index contributed by atoms with van der Waals surface area (Å²) in [6.07, 6.45) is 2.00. The smallest absolute Gasteiger partial charge is 0.338 e. The summed E-state index contributed by atoms with van der Waals surface area (Å²) in [4.78, 5) is 35.2. The maximum Gasteiger partial charge on any atom is 0.338 e. The van der Waals surface area contributed by atoms with E-state index in [9.17, 15) is 19.7 Å². The summed E-state index contributed by atoms with van der Waals surface area (Å²) in [7, 11) is 0. The van der Waals surface area contributed by atoms with E-state index in [-0.39, 0.29) is 24.1 Å². The fourth-order valence-corrected chi connectivity index (χ4v) is 4.54. The number of amides is 1. The van der Waals surface area contributed by atoms with Gasteiger partial charge in [0.1, 0.15) is 0 Å². The van der Waals surface area contributed by atoms with Crippen LogP contribution in [-0.4, -0.2) is 28.0 Å². The molecule has 0 aliphatic carbocycles. The number of hydrogen-bond donors (Lipinski definition) is 1. The largest absolute Gasteiger partial charge is 0.462 e. The fourth-order valence-electron chi connectivity index (χ4n) is 4.54. The second kappa shape index (κ2) is 11.7. The molecule has 1 N–H and O–H groups in total. The van der Waals surface area contributed by atoms with E-state index in [1.54, 1.807) is 31.2 Å². The number of fused-ring (bicyclic) bond motifs is 1. The van der Waals surface area contributed by atoms with Gasteiger partial charge in [-0.2, -0.15) is 0 Å². The van der Waals surface area contributed by atoms with Crippen molar-refractivity contribution in [2.75, 3.05) is 6.61 Å². The van der Waals surface area contributed by atoms with E-state index in [2.05, 4.69) is 22.0 Å².